The first-order valence-electron chi connectivity index (χ1n) is 15.8. The number of aromatic nitrogens is 2. The number of piperazine rings is 1. The van der Waals surface area contributed by atoms with Crippen molar-refractivity contribution in [2.24, 2.45) is 0 Å². The van der Waals surface area contributed by atoms with Crippen LogP contribution in [0.1, 0.15) is 56.9 Å². The third-order valence-corrected chi connectivity index (χ3v) is 8.76. The molecule has 3 aliphatic rings. The van der Waals surface area contributed by atoms with E-state index in [9.17, 15) is 10.1 Å². The summed E-state index contributed by atoms with van der Waals surface area (Å²) in [4.78, 5) is 29.3. The largest absolute Gasteiger partial charge is 0.461 e. The standard InChI is InChI=1S/C34H43N7O3/c1-23-8-5-9-24-10-6-12-29(30(23)24)39-18-14-27-28(21-39)37-32(38-31(27)40-19-16-36-25(20-40)13-15-35)43-22-26-11-7-17-41(26)33(42)44-34(2,3)4/h5-6,8-10,12,25-26,36H,7,11,13-14,16-22H2,1-4H3. The Kier molecular flexibility index (Phi) is 8.50. The summed E-state index contributed by atoms with van der Waals surface area (Å²) in [5, 5.41) is 15.3. The molecule has 0 spiro atoms. The molecule has 4 heterocycles. The van der Waals surface area contributed by atoms with Gasteiger partial charge in [0.05, 0.1) is 30.8 Å². The third-order valence-electron chi connectivity index (χ3n) is 8.76. The first-order chi connectivity index (χ1) is 21.2. The Labute approximate surface area is 260 Å². The summed E-state index contributed by atoms with van der Waals surface area (Å²) >= 11 is 0. The summed E-state index contributed by atoms with van der Waals surface area (Å²) < 4.78 is 12.0. The lowest BCUT2D eigenvalue weighted by atomic mass is 9.99. The molecule has 10 heteroatoms. The minimum absolute atomic E-state index is 0.0864. The maximum atomic E-state index is 12.9. The van der Waals surface area contributed by atoms with Gasteiger partial charge < -0.3 is 29.5 Å². The second kappa shape index (κ2) is 12.5. The minimum Gasteiger partial charge on any atom is -0.461 e. The van der Waals surface area contributed by atoms with Crippen molar-refractivity contribution in [2.75, 3.05) is 49.1 Å². The van der Waals surface area contributed by atoms with Crippen molar-refractivity contribution >= 4 is 28.4 Å². The molecule has 44 heavy (non-hydrogen) atoms. The first-order valence-corrected chi connectivity index (χ1v) is 15.8. The molecule has 1 N–H and O–H groups in total. The molecule has 2 unspecified atom stereocenters. The minimum atomic E-state index is -0.553. The average molecular weight is 598 g/mol. The quantitative estimate of drug-likeness (QED) is 0.421. The number of ether oxygens (including phenoxy) is 2. The molecule has 0 radical (unpaired) electrons. The predicted octanol–water partition coefficient (Wildman–Crippen LogP) is 4.97. The third kappa shape index (κ3) is 6.39. The highest BCUT2D eigenvalue weighted by molar-refractivity contribution is 5.97. The Morgan fingerprint density at radius 2 is 1.93 bits per heavy atom. The van der Waals surface area contributed by atoms with Gasteiger partial charge in [-0.25, -0.2) is 4.79 Å². The van der Waals surface area contributed by atoms with Crippen LogP contribution in [0, 0.1) is 18.3 Å². The van der Waals surface area contributed by atoms with E-state index in [-0.39, 0.29) is 18.2 Å². The molecule has 0 aliphatic carbocycles. The molecule has 3 aromatic rings. The van der Waals surface area contributed by atoms with Gasteiger partial charge >= 0.3 is 12.1 Å². The highest BCUT2D eigenvalue weighted by atomic mass is 16.6. The lowest BCUT2D eigenvalue weighted by Gasteiger charge is -2.37. The van der Waals surface area contributed by atoms with Crippen LogP contribution in [0.4, 0.5) is 16.3 Å². The van der Waals surface area contributed by atoms with Crippen molar-refractivity contribution in [3.8, 4) is 12.1 Å². The second-order valence-electron chi connectivity index (χ2n) is 13.1. The molecule has 1 aromatic heterocycles. The van der Waals surface area contributed by atoms with Crippen molar-refractivity contribution < 1.29 is 14.3 Å². The van der Waals surface area contributed by atoms with Crippen LogP contribution in [0.3, 0.4) is 0 Å². The fourth-order valence-corrected chi connectivity index (χ4v) is 6.69. The second-order valence-corrected chi connectivity index (χ2v) is 13.1. The van der Waals surface area contributed by atoms with Crippen LogP contribution in [0.25, 0.3) is 10.8 Å². The maximum absolute atomic E-state index is 12.9. The van der Waals surface area contributed by atoms with Gasteiger partial charge in [0.1, 0.15) is 18.0 Å². The van der Waals surface area contributed by atoms with Crippen LogP contribution in [0.2, 0.25) is 0 Å². The number of anilines is 2. The number of hydrogen-bond donors (Lipinski definition) is 1. The lowest BCUT2D eigenvalue weighted by Crippen LogP contribution is -2.51. The highest BCUT2D eigenvalue weighted by Gasteiger charge is 2.34. The predicted molar refractivity (Wildman–Crippen MR) is 171 cm³/mol. The van der Waals surface area contributed by atoms with Crippen LogP contribution in [0.5, 0.6) is 6.01 Å². The molecule has 232 valence electrons. The number of nitrogens with one attached hydrogen (secondary N) is 1. The van der Waals surface area contributed by atoms with Crippen molar-refractivity contribution in [2.45, 2.75) is 77.6 Å². The number of fused-ring (bicyclic) bond motifs is 2. The molecular weight excluding hydrogens is 554 g/mol. The van der Waals surface area contributed by atoms with E-state index in [0.717, 1.165) is 56.0 Å². The van der Waals surface area contributed by atoms with Crippen LogP contribution >= 0.6 is 0 Å². The molecule has 1 amide bonds. The van der Waals surface area contributed by atoms with Gasteiger partial charge in [-0.2, -0.15) is 15.2 Å². The summed E-state index contributed by atoms with van der Waals surface area (Å²) in [5.74, 6) is 0.901. The summed E-state index contributed by atoms with van der Waals surface area (Å²) in [6.07, 6.45) is 2.71. The molecule has 10 nitrogen and oxygen atoms in total. The molecular formula is C34H43N7O3. The number of likely N-dealkylation sites (tertiary alicyclic amines) is 1. The number of hydrogen-bond acceptors (Lipinski definition) is 9. The molecule has 2 saturated heterocycles. The molecule has 6 rings (SSSR count). The Balaban J connectivity index is 1.29. The summed E-state index contributed by atoms with van der Waals surface area (Å²) in [6.45, 7) is 12.6. The van der Waals surface area contributed by atoms with Crippen molar-refractivity contribution in [1.29, 1.82) is 5.26 Å². The van der Waals surface area contributed by atoms with Crippen molar-refractivity contribution in [1.82, 2.24) is 20.2 Å². The van der Waals surface area contributed by atoms with Crippen LogP contribution in [-0.2, 0) is 17.7 Å². The molecule has 0 bridgehead atoms. The number of carbonyl (C=O) groups is 1. The topological polar surface area (TPSA) is 107 Å². The molecule has 3 aliphatic heterocycles. The smallest absolute Gasteiger partial charge is 0.410 e. The van der Waals surface area contributed by atoms with Crippen LogP contribution in [-0.4, -0.2) is 78.0 Å². The van der Waals surface area contributed by atoms with Crippen molar-refractivity contribution in [3.05, 3.63) is 53.2 Å². The van der Waals surface area contributed by atoms with Gasteiger partial charge in [0, 0.05) is 55.4 Å². The van der Waals surface area contributed by atoms with E-state index in [1.54, 1.807) is 4.90 Å². The Hall–Kier alpha value is -4.10. The maximum Gasteiger partial charge on any atom is 0.410 e. The van der Waals surface area contributed by atoms with Gasteiger partial charge in [0.25, 0.3) is 0 Å². The number of nitriles is 1. The fraction of sp³-hybridized carbons (Fsp3) is 0.529. The molecule has 2 atom stereocenters. The normalized spacial score (nSPS) is 20.4. The van der Waals surface area contributed by atoms with Crippen LogP contribution < -0.4 is 19.9 Å². The van der Waals surface area contributed by atoms with E-state index in [4.69, 9.17) is 19.4 Å². The van der Waals surface area contributed by atoms with Crippen molar-refractivity contribution in [3.63, 3.8) is 0 Å². The number of aryl methyl sites for hydroxylation is 1. The van der Waals surface area contributed by atoms with Gasteiger partial charge in [-0.05, 0) is 64.0 Å². The monoisotopic (exact) mass is 597 g/mol. The number of benzene rings is 2. The Morgan fingerprint density at radius 3 is 2.73 bits per heavy atom. The van der Waals surface area contributed by atoms with Crippen LogP contribution in [0.15, 0.2) is 36.4 Å². The number of rotatable bonds is 6. The van der Waals surface area contributed by atoms with E-state index in [2.05, 4.69) is 64.5 Å². The number of amides is 1. The van der Waals surface area contributed by atoms with E-state index >= 15 is 0 Å². The van der Waals surface area contributed by atoms with Gasteiger partial charge in [-0.1, -0.05) is 30.3 Å². The Bertz CT molecular complexity index is 1560. The summed E-state index contributed by atoms with van der Waals surface area (Å²) in [7, 11) is 0. The summed E-state index contributed by atoms with van der Waals surface area (Å²) in [5.41, 5.74) is 4.03. The SMILES string of the molecule is Cc1cccc2cccc(N3CCc4c(nc(OCC5CCCN5C(=O)OC(C)(C)C)nc4N4CCNC(CC#N)C4)C3)c12. The zero-order valence-electron chi connectivity index (χ0n) is 26.3. The van der Waals surface area contributed by atoms with Gasteiger partial charge in [-0.3, -0.25) is 0 Å². The van der Waals surface area contributed by atoms with Gasteiger partial charge in [0.15, 0.2) is 0 Å². The van der Waals surface area contributed by atoms with E-state index in [1.165, 1.54) is 22.0 Å². The molecule has 0 saturated carbocycles. The summed E-state index contributed by atoms with van der Waals surface area (Å²) in [6, 6.07) is 15.6. The number of nitrogens with zero attached hydrogens (tertiary/aromatic N) is 6. The first kappa shape index (κ1) is 29.9. The lowest BCUT2D eigenvalue weighted by molar-refractivity contribution is 0.0183. The molecule has 2 aromatic carbocycles. The highest BCUT2D eigenvalue weighted by Crippen LogP contribution is 2.35. The van der Waals surface area contributed by atoms with E-state index in [1.807, 2.05) is 20.8 Å². The van der Waals surface area contributed by atoms with E-state index < -0.39 is 5.60 Å². The average Bonchev–Trinajstić information content (AvgIpc) is 3.48. The Morgan fingerprint density at radius 1 is 1.11 bits per heavy atom. The number of carbonyl (C=O) groups excluding carboxylic acids is 1. The van der Waals surface area contributed by atoms with Gasteiger partial charge in [-0.15, -0.1) is 0 Å². The zero-order chi connectivity index (χ0) is 30.8. The zero-order valence-corrected chi connectivity index (χ0v) is 26.3. The molecule has 2 fully saturated rings. The van der Waals surface area contributed by atoms with Gasteiger partial charge in [0.2, 0.25) is 0 Å². The fourth-order valence-electron chi connectivity index (χ4n) is 6.69. The van der Waals surface area contributed by atoms with E-state index in [0.29, 0.717) is 38.7 Å².